The van der Waals surface area contributed by atoms with E-state index in [9.17, 15) is 17.3 Å². The van der Waals surface area contributed by atoms with Crippen molar-refractivity contribution in [2.24, 2.45) is 0 Å². The summed E-state index contributed by atoms with van der Waals surface area (Å²) < 4.78 is 43.1. The number of nitrogens with zero attached hydrogens (tertiary/aromatic N) is 2. The molecule has 1 heterocycles. The number of hydrogen-bond donors (Lipinski definition) is 0. The zero-order chi connectivity index (χ0) is 25.0. The lowest BCUT2D eigenvalue weighted by Crippen LogP contribution is -2.38. The molecule has 0 unspecified atom stereocenters. The van der Waals surface area contributed by atoms with Crippen LogP contribution in [0.2, 0.25) is 0 Å². The van der Waals surface area contributed by atoms with E-state index in [1.165, 1.54) is 0 Å². The standard InChI is InChI=1S/C26H17Br2N2.BF4/c27-20-11-14-22(15-12-20)30-26(19-9-5-2-6-10-19)25(18-7-3-1-4-8-18)23-17-21(28)13-16-24(23)29-30;2-1(3,4)5/h1-17H;/q+1;-1. The molecule has 4 aromatic carbocycles. The van der Waals surface area contributed by atoms with Crippen LogP contribution in [0.25, 0.3) is 39.0 Å². The van der Waals surface area contributed by atoms with Crippen LogP contribution in [0.5, 0.6) is 0 Å². The zero-order valence-corrected chi connectivity index (χ0v) is 21.2. The Hall–Kier alpha value is -3.04. The molecule has 0 bridgehead atoms. The van der Waals surface area contributed by atoms with E-state index >= 15 is 0 Å². The van der Waals surface area contributed by atoms with E-state index < -0.39 is 7.25 Å². The molecule has 0 radical (unpaired) electrons. The minimum absolute atomic E-state index is 0.944. The summed E-state index contributed by atoms with van der Waals surface area (Å²) in [6.45, 7) is 0. The predicted octanol–water partition coefficient (Wildman–Crippen LogP) is 8.67. The highest BCUT2D eigenvalue weighted by atomic mass is 79.9. The highest BCUT2D eigenvalue weighted by Gasteiger charge is 2.27. The number of benzene rings is 4. The first-order chi connectivity index (χ1) is 16.7. The molecule has 0 aliphatic carbocycles. The van der Waals surface area contributed by atoms with Crippen molar-refractivity contribution in [3.05, 3.63) is 112 Å². The van der Waals surface area contributed by atoms with Crippen molar-refractivity contribution in [3.63, 3.8) is 0 Å². The second kappa shape index (κ2) is 10.7. The van der Waals surface area contributed by atoms with E-state index in [0.29, 0.717) is 0 Å². The molecule has 9 heteroatoms. The van der Waals surface area contributed by atoms with E-state index in [1.807, 2.05) is 30.3 Å². The van der Waals surface area contributed by atoms with Crippen molar-refractivity contribution in [1.82, 2.24) is 5.10 Å². The Morgan fingerprint density at radius 1 is 0.629 bits per heavy atom. The Bertz CT molecular complexity index is 1440. The molecule has 35 heavy (non-hydrogen) atoms. The van der Waals surface area contributed by atoms with Gasteiger partial charge in [-0.2, -0.15) is 0 Å². The third-order valence-corrected chi connectivity index (χ3v) is 6.09. The van der Waals surface area contributed by atoms with E-state index in [1.54, 1.807) is 0 Å². The molecule has 0 amide bonds. The molecule has 5 aromatic rings. The minimum atomic E-state index is -6.00. The summed E-state index contributed by atoms with van der Waals surface area (Å²) >= 11 is 7.20. The fourth-order valence-corrected chi connectivity index (χ4v) is 4.34. The minimum Gasteiger partial charge on any atom is -0.418 e. The van der Waals surface area contributed by atoms with Crippen LogP contribution in [-0.2, 0) is 0 Å². The van der Waals surface area contributed by atoms with Gasteiger partial charge in [-0.25, -0.2) is 0 Å². The maximum Gasteiger partial charge on any atom is 0.673 e. The summed E-state index contributed by atoms with van der Waals surface area (Å²) in [6.07, 6.45) is 0. The average molecular weight is 604 g/mol. The molecule has 1 aromatic heterocycles. The first-order valence-electron chi connectivity index (χ1n) is 10.5. The normalized spacial score (nSPS) is 11.1. The van der Waals surface area contributed by atoms with Gasteiger partial charge in [-0.05, 0) is 52.7 Å². The second-order valence-electron chi connectivity index (χ2n) is 7.50. The molecule has 0 fully saturated rings. The molecule has 0 spiro atoms. The molecular weight excluding hydrogens is 587 g/mol. The van der Waals surface area contributed by atoms with Crippen LogP contribution in [0.3, 0.4) is 0 Å². The SMILES string of the molecule is Brc1ccc(-[n+]2nc3ccc(Br)cc3c(-c3ccccc3)c2-c2ccccc2)cc1.F[B-](F)(F)F. The van der Waals surface area contributed by atoms with Crippen molar-refractivity contribution >= 4 is 50.0 Å². The fraction of sp³-hybridized carbons (Fsp3) is 0. The monoisotopic (exact) mass is 602 g/mol. The van der Waals surface area contributed by atoms with Gasteiger partial charge in [0.25, 0.3) is 5.69 Å². The Morgan fingerprint density at radius 2 is 1.14 bits per heavy atom. The van der Waals surface area contributed by atoms with Gasteiger partial charge in [0.15, 0.2) is 0 Å². The lowest BCUT2D eigenvalue weighted by Gasteiger charge is -2.12. The van der Waals surface area contributed by atoms with Gasteiger partial charge in [0, 0.05) is 37.1 Å². The molecule has 0 atom stereocenters. The van der Waals surface area contributed by atoms with Gasteiger partial charge >= 0.3 is 7.25 Å². The Morgan fingerprint density at radius 3 is 1.71 bits per heavy atom. The molecule has 5 rings (SSSR count). The third kappa shape index (κ3) is 6.35. The summed E-state index contributed by atoms with van der Waals surface area (Å²) in [7, 11) is -6.00. The van der Waals surface area contributed by atoms with Crippen LogP contribution in [-0.4, -0.2) is 12.4 Å². The van der Waals surface area contributed by atoms with Gasteiger partial charge in [0.2, 0.25) is 5.69 Å². The smallest absolute Gasteiger partial charge is 0.418 e. The maximum atomic E-state index is 9.75. The maximum absolute atomic E-state index is 9.75. The van der Waals surface area contributed by atoms with Crippen LogP contribution >= 0.6 is 31.9 Å². The van der Waals surface area contributed by atoms with Crippen LogP contribution < -0.4 is 4.68 Å². The highest BCUT2D eigenvalue weighted by molar-refractivity contribution is 9.10. The van der Waals surface area contributed by atoms with Crippen LogP contribution in [0.15, 0.2) is 112 Å². The van der Waals surface area contributed by atoms with Crippen molar-refractivity contribution < 1.29 is 21.9 Å². The molecule has 0 saturated heterocycles. The van der Waals surface area contributed by atoms with E-state index in [4.69, 9.17) is 5.10 Å². The van der Waals surface area contributed by atoms with Gasteiger partial charge in [0.05, 0.1) is 5.56 Å². The van der Waals surface area contributed by atoms with E-state index in [0.717, 1.165) is 47.9 Å². The average Bonchev–Trinajstić information content (AvgIpc) is 2.83. The van der Waals surface area contributed by atoms with Gasteiger partial charge in [-0.1, -0.05) is 80.4 Å². The predicted molar refractivity (Wildman–Crippen MR) is 140 cm³/mol. The van der Waals surface area contributed by atoms with Crippen molar-refractivity contribution in [1.29, 1.82) is 0 Å². The summed E-state index contributed by atoms with van der Waals surface area (Å²) in [6, 6.07) is 35.5. The largest absolute Gasteiger partial charge is 0.673 e. The molecule has 0 aliphatic heterocycles. The van der Waals surface area contributed by atoms with Gasteiger partial charge in [-0.3, -0.25) is 0 Å². The molecule has 0 N–H and O–H groups in total. The third-order valence-electron chi connectivity index (χ3n) is 5.07. The number of aromatic nitrogens is 2. The zero-order valence-electron chi connectivity index (χ0n) is 18.1. The van der Waals surface area contributed by atoms with Crippen molar-refractivity contribution in [2.45, 2.75) is 0 Å². The summed E-state index contributed by atoms with van der Waals surface area (Å²) in [5.74, 6) is 0. The number of hydrogen-bond acceptors (Lipinski definition) is 1. The van der Waals surface area contributed by atoms with Gasteiger partial charge < -0.3 is 17.3 Å². The Labute approximate surface area is 216 Å². The van der Waals surface area contributed by atoms with Crippen LogP contribution in [0.1, 0.15) is 0 Å². The Kier molecular flexibility index (Phi) is 7.67. The highest BCUT2D eigenvalue weighted by Crippen LogP contribution is 2.36. The van der Waals surface area contributed by atoms with Crippen molar-refractivity contribution in [3.8, 4) is 28.1 Å². The summed E-state index contributed by atoms with van der Waals surface area (Å²) in [5.41, 5.74) is 6.46. The first kappa shape index (κ1) is 25.1. The molecule has 2 nitrogen and oxygen atoms in total. The van der Waals surface area contributed by atoms with E-state index in [-0.39, 0.29) is 0 Å². The lowest BCUT2D eigenvalue weighted by molar-refractivity contribution is -0.645. The fourth-order valence-electron chi connectivity index (χ4n) is 3.72. The molecule has 0 aliphatic rings. The van der Waals surface area contributed by atoms with Crippen LogP contribution in [0.4, 0.5) is 17.3 Å². The summed E-state index contributed by atoms with van der Waals surface area (Å²) in [4.78, 5) is 0. The lowest BCUT2D eigenvalue weighted by atomic mass is 9.95. The second-order valence-corrected chi connectivity index (χ2v) is 9.33. The Balaban J connectivity index is 0.000000527. The van der Waals surface area contributed by atoms with E-state index in [2.05, 4.69) is 109 Å². The molecular formula is C26H17BBr2F4N2. The molecule has 0 saturated carbocycles. The van der Waals surface area contributed by atoms with Gasteiger partial charge in [0.1, 0.15) is 5.52 Å². The van der Waals surface area contributed by atoms with Gasteiger partial charge in [-0.15, -0.1) is 0 Å². The van der Waals surface area contributed by atoms with Crippen molar-refractivity contribution in [2.75, 3.05) is 0 Å². The number of fused-ring (bicyclic) bond motifs is 1. The topological polar surface area (TPSA) is 16.8 Å². The first-order valence-corrected chi connectivity index (χ1v) is 12.1. The number of rotatable bonds is 3. The summed E-state index contributed by atoms with van der Waals surface area (Å²) in [5, 5.41) is 6.17. The quantitative estimate of drug-likeness (QED) is 0.115. The molecule has 176 valence electrons. The number of halogens is 6. The van der Waals surface area contributed by atoms with Crippen LogP contribution in [0, 0.1) is 0 Å².